The van der Waals surface area contributed by atoms with Crippen LogP contribution in [-0.4, -0.2) is 72.4 Å². The maximum atomic E-state index is 12.9. The molecule has 0 aliphatic carbocycles. The number of aromatic nitrogens is 1. The Morgan fingerprint density at radius 2 is 1.83 bits per heavy atom. The number of nitrogens with zero attached hydrogens (tertiary/aromatic N) is 3. The first-order valence-corrected chi connectivity index (χ1v) is 11.1. The third-order valence-electron chi connectivity index (χ3n) is 5.12. The minimum absolute atomic E-state index is 0.0712. The Labute approximate surface area is 171 Å². The van der Waals surface area contributed by atoms with Crippen LogP contribution in [0.2, 0.25) is 0 Å². The molecule has 1 aliphatic heterocycles. The molecule has 0 bridgehead atoms. The van der Waals surface area contributed by atoms with E-state index in [4.69, 9.17) is 0 Å². The van der Waals surface area contributed by atoms with Gasteiger partial charge in [-0.1, -0.05) is 13.0 Å². The fourth-order valence-electron chi connectivity index (χ4n) is 3.36. The van der Waals surface area contributed by atoms with Gasteiger partial charge in [-0.25, -0.2) is 8.42 Å². The lowest BCUT2D eigenvalue weighted by atomic mass is 10.2. The Morgan fingerprint density at radius 3 is 2.38 bits per heavy atom. The van der Waals surface area contributed by atoms with Crippen LogP contribution < -0.4 is 5.32 Å². The minimum Gasteiger partial charge on any atom is -0.395 e. The third kappa shape index (κ3) is 4.99. The third-order valence-corrected chi connectivity index (χ3v) is 7.03. The van der Waals surface area contributed by atoms with E-state index >= 15 is 0 Å². The molecule has 29 heavy (non-hydrogen) atoms. The number of hydrogen-bond acceptors (Lipinski definition) is 6. The zero-order valence-electron chi connectivity index (χ0n) is 16.4. The van der Waals surface area contributed by atoms with E-state index < -0.39 is 10.0 Å². The van der Waals surface area contributed by atoms with E-state index in [9.17, 15) is 18.3 Å². The lowest BCUT2D eigenvalue weighted by molar-refractivity contribution is 0.0881. The van der Waals surface area contributed by atoms with Crippen LogP contribution in [0.25, 0.3) is 0 Å². The summed E-state index contributed by atoms with van der Waals surface area (Å²) >= 11 is 0. The number of aliphatic hydroxyl groups excluding tert-OH is 1. The number of hydrogen-bond donors (Lipinski definition) is 2. The fourth-order valence-corrected chi connectivity index (χ4v) is 4.79. The van der Waals surface area contributed by atoms with Crippen LogP contribution in [0, 0.1) is 0 Å². The smallest absolute Gasteiger partial charge is 0.274 e. The van der Waals surface area contributed by atoms with Gasteiger partial charge in [-0.05, 0) is 42.8 Å². The molecule has 2 N–H and O–H groups in total. The zero-order valence-corrected chi connectivity index (χ0v) is 17.2. The summed E-state index contributed by atoms with van der Waals surface area (Å²) < 4.78 is 27.3. The molecule has 0 saturated carbocycles. The molecule has 1 atom stereocenters. The van der Waals surface area contributed by atoms with Crippen LogP contribution in [-0.2, 0) is 10.0 Å². The van der Waals surface area contributed by atoms with Crippen molar-refractivity contribution in [2.75, 3.05) is 38.1 Å². The van der Waals surface area contributed by atoms with Gasteiger partial charge in [0.2, 0.25) is 10.0 Å². The number of carbonyl (C=O) groups is 1. The molecule has 0 radical (unpaired) electrons. The molecule has 1 saturated heterocycles. The van der Waals surface area contributed by atoms with Crippen LogP contribution in [0.1, 0.15) is 23.8 Å². The van der Waals surface area contributed by atoms with Crippen molar-refractivity contribution >= 4 is 21.6 Å². The largest absolute Gasteiger partial charge is 0.395 e. The molecule has 9 heteroatoms. The van der Waals surface area contributed by atoms with Gasteiger partial charge in [0.15, 0.2) is 0 Å². The first-order chi connectivity index (χ1) is 14.0. The zero-order chi connectivity index (χ0) is 20.9. The maximum absolute atomic E-state index is 12.9. The maximum Gasteiger partial charge on any atom is 0.274 e. The van der Waals surface area contributed by atoms with Gasteiger partial charge in [0.1, 0.15) is 5.69 Å². The van der Waals surface area contributed by atoms with Gasteiger partial charge in [0.05, 0.1) is 11.5 Å². The number of pyridine rings is 1. The molecule has 2 aromatic rings. The number of anilines is 1. The molecular formula is C20H26N4O4S. The van der Waals surface area contributed by atoms with Gasteiger partial charge in [0.25, 0.3) is 5.91 Å². The van der Waals surface area contributed by atoms with E-state index in [1.165, 1.54) is 22.6 Å². The minimum atomic E-state index is -3.60. The number of carbonyl (C=O) groups excluding carboxylic acids is 1. The van der Waals surface area contributed by atoms with E-state index in [2.05, 4.69) is 15.2 Å². The average Bonchev–Trinajstić information content (AvgIpc) is 2.76. The number of aliphatic hydroxyl groups is 1. The highest BCUT2D eigenvalue weighted by Gasteiger charge is 2.30. The van der Waals surface area contributed by atoms with Gasteiger partial charge < -0.3 is 10.4 Å². The van der Waals surface area contributed by atoms with Crippen molar-refractivity contribution in [2.24, 2.45) is 0 Å². The van der Waals surface area contributed by atoms with E-state index in [0.717, 1.165) is 6.42 Å². The number of nitrogens with one attached hydrogen (secondary N) is 1. The molecular weight excluding hydrogens is 392 g/mol. The molecule has 3 rings (SSSR count). The summed E-state index contributed by atoms with van der Waals surface area (Å²) in [7, 11) is -3.60. The highest BCUT2D eigenvalue weighted by Crippen LogP contribution is 2.21. The van der Waals surface area contributed by atoms with Crippen LogP contribution >= 0.6 is 0 Å². The number of sulfonamides is 1. The van der Waals surface area contributed by atoms with Crippen molar-refractivity contribution in [1.29, 1.82) is 0 Å². The molecule has 2 heterocycles. The quantitative estimate of drug-likeness (QED) is 0.705. The molecule has 1 amide bonds. The Balaban J connectivity index is 1.64. The summed E-state index contributed by atoms with van der Waals surface area (Å²) in [5.74, 6) is -0.355. The Hall–Kier alpha value is -2.33. The second-order valence-electron chi connectivity index (χ2n) is 6.88. The second-order valence-corrected chi connectivity index (χ2v) is 8.82. The summed E-state index contributed by atoms with van der Waals surface area (Å²) in [5, 5.41) is 12.1. The number of benzene rings is 1. The van der Waals surface area contributed by atoms with Crippen molar-refractivity contribution < 1.29 is 18.3 Å². The fraction of sp³-hybridized carbons (Fsp3) is 0.400. The molecule has 0 spiro atoms. The predicted octanol–water partition coefficient (Wildman–Crippen LogP) is 1.41. The van der Waals surface area contributed by atoms with Crippen molar-refractivity contribution in [3.8, 4) is 0 Å². The van der Waals surface area contributed by atoms with E-state index in [1.54, 1.807) is 30.3 Å². The number of rotatable bonds is 7. The Bertz CT molecular complexity index is 907. The summed E-state index contributed by atoms with van der Waals surface area (Å²) in [6, 6.07) is 11.3. The predicted molar refractivity (Wildman–Crippen MR) is 110 cm³/mol. The van der Waals surface area contributed by atoms with Crippen molar-refractivity contribution in [3.05, 3.63) is 54.4 Å². The average molecular weight is 419 g/mol. The first-order valence-electron chi connectivity index (χ1n) is 9.63. The SMILES string of the molecule is CCC(CO)N1CCN(S(=O)(=O)c2ccc(NC(=O)c3ccccn3)cc2)CC1. The summed E-state index contributed by atoms with van der Waals surface area (Å²) in [6.07, 6.45) is 2.36. The Kier molecular flexibility index (Phi) is 6.96. The highest BCUT2D eigenvalue weighted by molar-refractivity contribution is 7.89. The monoisotopic (exact) mass is 418 g/mol. The molecule has 156 valence electrons. The van der Waals surface area contributed by atoms with Crippen LogP contribution in [0.4, 0.5) is 5.69 Å². The molecule has 1 fully saturated rings. The van der Waals surface area contributed by atoms with Gasteiger partial charge in [0, 0.05) is 44.1 Å². The molecule has 1 aromatic heterocycles. The van der Waals surface area contributed by atoms with E-state index in [0.29, 0.717) is 31.9 Å². The van der Waals surface area contributed by atoms with Crippen LogP contribution in [0.5, 0.6) is 0 Å². The van der Waals surface area contributed by atoms with Crippen molar-refractivity contribution in [1.82, 2.24) is 14.2 Å². The first kappa shape index (κ1) is 21.4. The van der Waals surface area contributed by atoms with E-state index in [1.807, 2.05) is 6.92 Å². The molecule has 1 aromatic carbocycles. The summed E-state index contributed by atoms with van der Waals surface area (Å²) in [6.45, 7) is 4.05. The second kappa shape index (κ2) is 9.45. The van der Waals surface area contributed by atoms with E-state index in [-0.39, 0.29) is 29.1 Å². The Morgan fingerprint density at radius 1 is 1.14 bits per heavy atom. The van der Waals surface area contributed by atoms with Crippen molar-refractivity contribution in [2.45, 2.75) is 24.3 Å². The van der Waals surface area contributed by atoms with Crippen molar-refractivity contribution in [3.63, 3.8) is 0 Å². The topological polar surface area (TPSA) is 103 Å². The van der Waals surface area contributed by atoms with Gasteiger partial charge in [-0.2, -0.15) is 4.31 Å². The normalized spacial score (nSPS) is 17.0. The lowest BCUT2D eigenvalue weighted by Crippen LogP contribution is -2.52. The van der Waals surface area contributed by atoms with Crippen LogP contribution in [0.3, 0.4) is 0 Å². The van der Waals surface area contributed by atoms with Crippen LogP contribution in [0.15, 0.2) is 53.6 Å². The number of amides is 1. The standard InChI is InChI=1S/C20H26N4O4S/c1-2-17(15-25)23-11-13-24(14-12-23)29(27,28)18-8-6-16(7-9-18)22-20(26)19-5-3-4-10-21-19/h3-10,17,25H,2,11-15H2,1H3,(H,22,26). The molecule has 1 unspecified atom stereocenters. The number of piperazine rings is 1. The van der Waals surface area contributed by atoms with Gasteiger partial charge >= 0.3 is 0 Å². The summed E-state index contributed by atoms with van der Waals surface area (Å²) in [5.41, 5.74) is 0.786. The summed E-state index contributed by atoms with van der Waals surface area (Å²) in [4.78, 5) is 18.5. The van der Waals surface area contributed by atoms with Gasteiger partial charge in [-0.3, -0.25) is 14.7 Å². The van der Waals surface area contributed by atoms with Gasteiger partial charge in [-0.15, -0.1) is 0 Å². The molecule has 1 aliphatic rings. The highest BCUT2D eigenvalue weighted by atomic mass is 32.2. The lowest BCUT2D eigenvalue weighted by Gasteiger charge is -2.37. The molecule has 8 nitrogen and oxygen atoms in total.